The topological polar surface area (TPSA) is 72.2 Å². The molecule has 0 saturated heterocycles. The molecule has 6 heteroatoms. The van der Waals surface area contributed by atoms with Crippen molar-refractivity contribution >= 4 is 27.2 Å². The normalized spacial score (nSPS) is 26.8. The van der Waals surface area contributed by atoms with E-state index in [4.69, 9.17) is 18.0 Å². The number of hydrogen-bond acceptors (Lipinski definition) is 3. The van der Waals surface area contributed by atoms with Crippen LogP contribution in [0.25, 0.3) is 0 Å². The summed E-state index contributed by atoms with van der Waals surface area (Å²) in [5.74, 6) is 1.03. The molecule has 3 N–H and O–H groups in total. The number of nitrogens with two attached hydrogens (primary N) is 1. The molecule has 0 amide bonds. The lowest BCUT2D eigenvalue weighted by Crippen LogP contribution is -2.44. The Labute approximate surface area is 116 Å². The summed E-state index contributed by atoms with van der Waals surface area (Å²) in [5, 5.41) is -0.744. The monoisotopic (exact) mass is 292 g/mol. The molecule has 1 aliphatic rings. The Kier molecular flexibility index (Phi) is 6.01. The first-order valence-corrected chi connectivity index (χ1v) is 8.61. The molecule has 0 aromatic rings. The molecule has 0 radical (unpaired) electrons. The van der Waals surface area contributed by atoms with Crippen LogP contribution in [0.15, 0.2) is 0 Å². The van der Waals surface area contributed by atoms with E-state index in [0.717, 1.165) is 6.42 Å². The second-order valence-corrected chi connectivity index (χ2v) is 7.63. The Morgan fingerprint density at radius 3 is 2.56 bits per heavy atom. The van der Waals surface area contributed by atoms with Gasteiger partial charge in [-0.15, -0.1) is 0 Å². The summed E-state index contributed by atoms with van der Waals surface area (Å²) in [6.45, 7) is 4.50. The molecule has 0 aromatic carbocycles. The molecule has 3 unspecified atom stereocenters. The molecular weight excluding hydrogens is 268 g/mol. The van der Waals surface area contributed by atoms with Gasteiger partial charge in [-0.2, -0.15) is 0 Å². The lowest BCUT2D eigenvalue weighted by Gasteiger charge is -2.29. The Morgan fingerprint density at radius 2 is 2.06 bits per heavy atom. The fraction of sp³-hybridized carbons (Fsp3) is 0.917. The molecule has 0 aromatic heterocycles. The lowest BCUT2D eigenvalue weighted by atomic mass is 9.81. The minimum atomic E-state index is -3.41. The maximum absolute atomic E-state index is 12.1. The summed E-state index contributed by atoms with van der Waals surface area (Å²) in [6, 6.07) is 0. The summed E-state index contributed by atoms with van der Waals surface area (Å²) >= 11 is 4.82. The molecule has 4 nitrogen and oxygen atoms in total. The van der Waals surface area contributed by atoms with Gasteiger partial charge in [0.15, 0.2) is 0 Å². The van der Waals surface area contributed by atoms with E-state index in [1.165, 1.54) is 19.3 Å². The molecule has 18 heavy (non-hydrogen) atoms. The largest absolute Gasteiger partial charge is 0.392 e. The summed E-state index contributed by atoms with van der Waals surface area (Å²) < 4.78 is 26.8. The molecule has 1 aliphatic carbocycles. The quantitative estimate of drug-likeness (QED) is 0.732. The van der Waals surface area contributed by atoms with Crippen LogP contribution in [-0.2, 0) is 10.0 Å². The van der Waals surface area contributed by atoms with E-state index in [1.807, 2.05) is 0 Å². The van der Waals surface area contributed by atoms with Crippen molar-refractivity contribution in [1.29, 1.82) is 0 Å². The molecular formula is C12H24N2O2S2. The zero-order valence-electron chi connectivity index (χ0n) is 11.2. The minimum absolute atomic E-state index is 0.0571. The van der Waals surface area contributed by atoms with Crippen LogP contribution in [0.5, 0.6) is 0 Å². The molecule has 0 spiro atoms. The van der Waals surface area contributed by atoms with Crippen molar-refractivity contribution in [2.24, 2.45) is 17.6 Å². The fourth-order valence-electron chi connectivity index (χ4n) is 2.59. The summed E-state index contributed by atoms with van der Waals surface area (Å²) in [4.78, 5) is 0.0571. The third-order valence-electron chi connectivity index (χ3n) is 3.90. The second-order valence-electron chi connectivity index (χ2n) is 5.21. The van der Waals surface area contributed by atoms with Crippen molar-refractivity contribution in [3.63, 3.8) is 0 Å². The van der Waals surface area contributed by atoms with Crippen LogP contribution in [0.4, 0.5) is 0 Å². The van der Waals surface area contributed by atoms with Crippen molar-refractivity contribution in [3.05, 3.63) is 0 Å². The van der Waals surface area contributed by atoms with Crippen LogP contribution >= 0.6 is 12.2 Å². The Hall–Kier alpha value is -0.200. The average Bonchev–Trinajstić information content (AvgIpc) is 2.28. The predicted molar refractivity (Wildman–Crippen MR) is 78.9 cm³/mol. The van der Waals surface area contributed by atoms with Crippen molar-refractivity contribution in [2.75, 3.05) is 6.54 Å². The molecule has 1 rings (SSSR count). The zero-order chi connectivity index (χ0) is 13.8. The van der Waals surface area contributed by atoms with Gasteiger partial charge in [0.1, 0.15) is 5.25 Å². The van der Waals surface area contributed by atoms with E-state index in [-0.39, 0.29) is 4.99 Å². The van der Waals surface area contributed by atoms with Crippen LogP contribution in [0, 0.1) is 11.8 Å². The smallest absolute Gasteiger partial charge is 0.221 e. The van der Waals surface area contributed by atoms with E-state index >= 15 is 0 Å². The Morgan fingerprint density at radius 1 is 1.44 bits per heavy atom. The van der Waals surface area contributed by atoms with Crippen molar-refractivity contribution in [2.45, 2.75) is 51.2 Å². The second kappa shape index (κ2) is 6.82. The average molecular weight is 292 g/mol. The van der Waals surface area contributed by atoms with Gasteiger partial charge in [-0.25, -0.2) is 13.1 Å². The molecule has 0 heterocycles. The van der Waals surface area contributed by atoms with Crippen LogP contribution in [-0.4, -0.2) is 25.2 Å². The highest BCUT2D eigenvalue weighted by molar-refractivity contribution is 7.93. The molecule has 1 fully saturated rings. The van der Waals surface area contributed by atoms with Gasteiger partial charge >= 0.3 is 0 Å². The highest BCUT2D eigenvalue weighted by atomic mass is 32.2. The number of nitrogens with one attached hydrogen (secondary N) is 1. The van der Waals surface area contributed by atoms with E-state index in [9.17, 15) is 8.42 Å². The molecule has 1 saturated carbocycles. The van der Waals surface area contributed by atoms with E-state index in [2.05, 4.69) is 11.6 Å². The van der Waals surface area contributed by atoms with Gasteiger partial charge < -0.3 is 5.73 Å². The van der Waals surface area contributed by atoms with Crippen molar-refractivity contribution in [3.8, 4) is 0 Å². The molecule has 3 atom stereocenters. The zero-order valence-corrected chi connectivity index (χ0v) is 12.8. The predicted octanol–water partition coefficient (Wildman–Crippen LogP) is 1.80. The number of rotatable bonds is 6. The van der Waals surface area contributed by atoms with E-state index < -0.39 is 15.3 Å². The minimum Gasteiger partial charge on any atom is -0.392 e. The third kappa shape index (κ3) is 4.17. The standard InChI is InChI=1S/C12H24N2O2S2/c1-3-11(12(13)17)18(15,16)14-8-10-7-5-4-6-9(10)2/h9-11,14H,3-8H2,1-2H3,(H2,13,17). The van der Waals surface area contributed by atoms with Crippen molar-refractivity contribution < 1.29 is 8.42 Å². The molecule has 0 aliphatic heterocycles. The van der Waals surface area contributed by atoms with Gasteiger partial charge in [-0.1, -0.05) is 45.3 Å². The van der Waals surface area contributed by atoms with Gasteiger partial charge in [0.05, 0.1) is 4.99 Å². The van der Waals surface area contributed by atoms with Crippen LogP contribution in [0.1, 0.15) is 46.0 Å². The Balaban J connectivity index is 2.58. The number of sulfonamides is 1. The molecule has 0 bridgehead atoms. The van der Waals surface area contributed by atoms with Gasteiger partial charge in [0.25, 0.3) is 0 Å². The van der Waals surface area contributed by atoms with Gasteiger partial charge in [-0.3, -0.25) is 0 Å². The first-order valence-electron chi connectivity index (χ1n) is 6.66. The Bertz CT molecular complexity index is 382. The summed E-state index contributed by atoms with van der Waals surface area (Å²) in [6.07, 6.45) is 5.18. The van der Waals surface area contributed by atoms with Crippen LogP contribution < -0.4 is 10.5 Å². The number of thiocarbonyl (C=S) groups is 1. The maximum atomic E-state index is 12.1. The SMILES string of the molecule is CCC(C(N)=S)S(=O)(=O)NCC1CCCCC1C. The lowest BCUT2D eigenvalue weighted by molar-refractivity contribution is 0.257. The van der Waals surface area contributed by atoms with Gasteiger partial charge in [0, 0.05) is 6.54 Å². The van der Waals surface area contributed by atoms with Crippen LogP contribution in [0.2, 0.25) is 0 Å². The van der Waals surface area contributed by atoms with E-state index in [1.54, 1.807) is 6.92 Å². The third-order valence-corrected chi connectivity index (χ3v) is 6.24. The highest BCUT2D eigenvalue weighted by Crippen LogP contribution is 2.29. The van der Waals surface area contributed by atoms with E-state index in [0.29, 0.717) is 24.8 Å². The first kappa shape index (κ1) is 15.9. The summed E-state index contributed by atoms with van der Waals surface area (Å²) in [5.41, 5.74) is 5.48. The van der Waals surface area contributed by atoms with Crippen LogP contribution in [0.3, 0.4) is 0 Å². The van der Waals surface area contributed by atoms with Gasteiger partial charge in [0.2, 0.25) is 10.0 Å². The number of hydrogen-bond donors (Lipinski definition) is 2. The molecule has 106 valence electrons. The summed E-state index contributed by atoms with van der Waals surface area (Å²) in [7, 11) is -3.41. The highest BCUT2D eigenvalue weighted by Gasteiger charge is 2.28. The van der Waals surface area contributed by atoms with Crippen molar-refractivity contribution in [1.82, 2.24) is 4.72 Å². The maximum Gasteiger partial charge on any atom is 0.221 e. The first-order chi connectivity index (χ1) is 8.38. The van der Waals surface area contributed by atoms with Gasteiger partial charge in [-0.05, 0) is 24.7 Å². The fourth-order valence-corrected chi connectivity index (χ4v) is 4.53.